The summed E-state index contributed by atoms with van der Waals surface area (Å²) in [6.45, 7) is 5.15. The molecule has 1 aliphatic carbocycles. The van der Waals surface area contributed by atoms with Gasteiger partial charge in [-0.2, -0.15) is 0 Å². The highest BCUT2D eigenvalue weighted by atomic mass is 32.1. The van der Waals surface area contributed by atoms with Gasteiger partial charge in [0.1, 0.15) is 19.3 Å². The Balaban J connectivity index is 1.87. The summed E-state index contributed by atoms with van der Waals surface area (Å²) in [5.74, 6) is -0.281. The van der Waals surface area contributed by atoms with Crippen molar-refractivity contribution in [2.24, 2.45) is 5.16 Å². The van der Waals surface area contributed by atoms with Gasteiger partial charge >= 0.3 is 6.09 Å². The average Bonchev–Trinajstić information content (AvgIpc) is 3.00. The summed E-state index contributed by atoms with van der Waals surface area (Å²) in [4.78, 5) is 29.4. The number of fused-ring (bicyclic) bond motifs is 1. The number of hydrogen-bond donors (Lipinski definition) is 2. The molecule has 1 aromatic rings. The zero-order valence-electron chi connectivity index (χ0n) is 13.6. The highest BCUT2D eigenvalue weighted by Gasteiger charge is 2.30. The van der Waals surface area contributed by atoms with E-state index in [0.717, 1.165) is 16.2 Å². The van der Waals surface area contributed by atoms with Gasteiger partial charge in [-0.15, -0.1) is 11.3 Å². The molecule has 0 saturated heterocycles. The van der Waals surface area contributed by atoms with E-state index in [1.165, 1.54) is 7.11 Å². The maximum atomic E-state index is 12.0. The molecule has 1 atom stereocenters. The predicted octanol–water partition coefficient (Wildman–Crippen LogP) is 2.18. The highest BCUT2D eigenvalue weighted by molar-refractivity contribution is 7.12. The Morgan fingerprint density at radius 3 is 2.83 bits per heavy atom. The van der Waals surface area contributed by atoms with Gasteiger partial charge in [0.2, 0.25) is 5.91 Å². The summed E-state index contributed by atoms with van der Waals surface area (Å²) in [7, 11) is 1.50. The van der Waals surface area contributed by atoms with Crippen LogP contribution in [0.5, 0.6) is 0 Å². The van der Waals surface area contributed by atoms with Gasteiger partial charge in [0.25, 0.3) is 0 Å². The molecule has 0 spiro atoms. The van der Waals surface area contributed by atoms with Crippen LogP contribution in [0.4, 0.5) is 4.79 Å². The first-order valence-electron chi connectivity index (χ1n) is 7.24. The largest absolute Gasteiger partial charge is 0.444 e. The van der Waals surface area contributed by atoms with Gasteiger partial charge in [-0.1, -0.05) is 5.16 Å². The van der Waals surface area contributed by atoms with Crippen molar-refractivity contribution in [2.45, 2.75) is 38.8 Å². The van der Waals surface area contributed by atoms with Crippen molar-refractivity contribution < 1.29 is 19.2 Å². The molecule has 1 aliphatic rings. The van der Waals surface area contributed by atoms with Crippen LogP contribution in [0, 0.1) is 0 Å². The molecule has 2 N–H and O–H groups in total. The molecule has 1 heterocycles. The fraction of sp³-hybridized carbons (Fsp3) is 0.533. The number of oxime groups is 1. The number of ether oxygens (including phenoxy) is 1. The second kappa shape index (κ2) is 6.99. The van der Waals surface area contributed by atoms with E-state index in [1.807, 2.05) is 11.4 Å². The van der Waals surface area contributed by atoms with Crippen LogP contribution in [-0.2, 0) is 14.4 Å². The van der Waals surface area contributed by atoms with Gasteiger partial charge in [-0.05, 0) is 37.8 Å². The first kappa shape index (κ1) is 17.3. The Labute approximate surface area is 139 Å². The predicted molar refractivity (Wildman–Crippen MR) is 87.6 cm³/mol. The van der Waals surface area contributed by atoms with Crippen LogP contribution in [0.1, 0.15) is 43.7 Å². The van der Waals surface area contributed by atoms with Crippen LogP contribution in [0.25, 0.3) is 0 Å². The first-order chi connectivity index (χ1) is 10.8. The Hall–Kier alpha value is -2.09. The number of thiophene rings is 1. The van der Waals surface area contributed by atoms with E-state index in [-0.39, 0.29) is 18.5 Å². The smallest absolute Gasteiger partial charge is 0.408 e. The van der Waals surface area contributed by atoms with Crippen LogP contribution >= 0.6 is 11.3 Å². The molecule has 7 nitrogen and oxygen atoms in total. The molecule has 2 amide bonds. The lowest BCUT2D eigenvalue weighted by molar-refractivity contribution is -0.121. The van der Waals surface area contributed by atoms with Crippen molar-refractivity contribution in [2.75, 3.05) is 13.7 Å². The van der Waals surface area contributed by atoms with Crippen LogP contribution < -0.4 is 10.6 Å². The summed E-state index contributed by atoms with van der Waals surface area (Å²) in [6, 6.07) is 1.81. The van der Waals surface area contributed by atoms with E-state index in [1.54, 1.807) is 32.1 Å². The van der Waals surface area contributed by atoms with Crippen molar-refractivity contribution in [1.82, 2.24) is 10.6 Å². The van der Waals surface area contributed by atoms with E-state index in [4.69, 9.17) is 9.57 Å². The molecule has 0 aromatic carbocycles. The molecule has 1 aromatic heterocycles. The zero-order valence-corrected chi connectivity index (χ0v) is 14.5. The van der Waals surface area contributed by atoms with E-state index in [2.05, 4.69) is 15.8 Å². The first-order valence-corrected chi connectivity index (χ1v) is 8.12. The SMILES string of the molecule is CO/N=C1\CC(NC(=O)CNC(=O)OC(C)(C)C)c2ccsc21. The normalized spacial score (nSPS) is 18.4. The van der Waals surface area contributed by atoms with Crippen molar-refractivity contribution in [3.63, 3.8) is 0 Å². The fourth-order valence-electron chi connectivity index (χ4n) is 2.25. The standard InChI is InChI=1S/C15H21N3O4S/c1-15(2,3)22-14(20)16-8-12(19)17-10-7-11(18-21-4)13-9(10)5-6-23-13/h5-6,10H,7-8H2,1-4H3,(H,16,20)(H,17,19)/b18-11+. The van der Waals surface area contributed by atoms with Gasteiger partial charge in [0.15, 0.2) is 0 Å². The minimum absolute atomic E-state index is 0.137. The number of carbonyl (C=O) groups is 2. The molecule has 8 heteroatoms. The van der Waals surface area contributed by atoms with Crippen molar-refractivity contribution in [3.8, 4) is 0 Å². The number of hydrogen-bond acceptors (Lipinski definition) is 6. The summed E-state index contributed by atoms with van der Waals surface area (Å²) in [6.07, 6.45) is -0.0365. The summed E-state index contributed by atoms with van der Waals surface area (Å²) in [5, 5.41) is 11.3. The Morgan fingerprint density at radius 2 is 2.17 bits per heavy atom. The van der Waals surface area contributed by atoms with E-state index >= 15 is 0 Å². The lowest BCUT2D eigenvalue weighted by Crippen LogP contribution is -2.40. The van der Waals surface area contributed by atoms with Crippen LogP contribution in [-0.4, -0.2) is 37.0 Å². The van der Waals surface area contributed by atoms with E-state index in [9.17, 15) is 9.59 Å². The molecule has 0 bridgehead atoms. The molecule has 2 rings (SSSR count). The molecule has 23 heavy (non-hydrogen) atoms. The molecule has 1 unspecified atom stereocenters. The number of nitrogens with zero attached hydrogens (tertiary/aromatic N) is 1. The Kier molecular flexibility index (Phi) is 5.25. The second-order valence-electron chi connectivity index (χ2n) is 6.11. The Bertz CT molecular complexity index is 618. The second-order valence-corrected chi connectivity index (χ2v) is 7.02. The molecule has 126 valence electrons. The topological polar surface area (TPSA) is 89.0 Å². The molecular weight excluding hydrogens is 318 g/mol. The highest BCUT2D eigenvalue weighted by Crippen LogP contribution is 2.35. The lowest BCUT2D eigenvalue weighted by atomic mass is 10.2. The van der Waals surface area contributed by atoms with Gasteiger partial charge in [0, 0.05) is 6.42 Å². The zero-order chi connectivity index (χ0) is 17.0. The minimum atomic E-state index is -0.614. The average molecular weight is 339 g/mol. The molecular formula is C15H21N3O4S. The number of rotatable bonds is 4. The quantitative estimate of drug-likeness (QED) is 0.823. The maximum absolute atomic E-state index is 12.0. The van der Waals surface area contributed by atoms with Gasteiger partial charge in [0.05, 0.1) is 16.6 Å². The lowest BCUT2D eigenvalue weighted by Gasteiger charge is -2.20. The van der Waals surface area contributed by atoms with E-state index < -0.39 is 11.7 Å². The van der Waals surface area contributed by atoms with Crippen LogP contribution in [0.15, 0.2) is 16.6 Å². The molecule has 0 aliphatic heterocycles. The maximum Gasteiger partial charge on any atom is 0.408 e. The monoisotopic (exact) mass is 339 g/mol. The summed E-state index contributed by atoms with van der Waals surface area (Å²) >= 11 is 1.56. The van der Waals surface area contributed by atoms with Gasteiger partial charge < -0.3 is 20.2 Å². The molecule has 0 radical (unpaired) electrons. The molecule has 0 fully saturated rings. The number of carbonyl (C=O) groups excluding carboxylic acids is 2. The number of nitrogens with one attached hydrogen (secondary N) is 2. The minimum Gasteiger partial charge on any atom is -0.444 e. The summed E-state index contributed by atoms with van der Waals surface area (Å²) in [5.41, 5.74) is 1.25. The number of alkyl carbamates (subject to hydrolysis) is 1. The van der Waals surface area contributed by atoms with E-state index in [0.29, 0.717) is 6.42 Å². The van der Waals surface area contributed by atoms with Crippen LogP contribution in [0.2, 0.25) is 0 Å². The van der Waals surface area contributed by atoms with Crippen molar-refractivity contribution in [3.05, 3.63) is 21.9 Å². The van der Waals surface area contributed by atoms with Gasteiger partial charge in [-0.3, -0.25) is 4.79 Å². The fourth-order valence-corrected chi connectivity index (χ4v) is 3.21. The number of amides is 2. The summed E-state index contributed by atoms with van der Waals surface area (Å²) < 4.78 is 5.09. The Morgan fingerprint density at radius 1 is 1.43 bits per heavy atom. The third-order valence-corrected chi connectivity index (χ3v) is 4.04. The van der Waals surface area contributed by atoms with Crippen molar-refractivity contribution in [1.29, 1.82) is 0 Å². The third kappa shape index (κ3) is 4.69. The van der Waals surface area contributed by atoms with Crippen molar-refractivity contribution >= 4 is 29.0 Å². The van der Waals surface area contributed by atoms with Gasteiger partial charge in [-0.25, -0.2) is 4.79 Å². The molecule has 0 saturated carbocycles. The third-order valence-electron chi connectivity index (χ3n) is 3.06. The van der Waals surface area contributed by atoms with Crippen LogP contribution in [0.3, 0.4) is 0 Å².